The maximum atomic E-state index is 14.1. The Morgan fingerprint density at radius 3 is 2.17 bits per heavy atom. The molecule has 0 aliphatic carbocycles. The third kappa shape index (κ3) is 7.67. The molecule has 12 heteroatoms. The molecule has 0 spiro atoms. The summed E-state index contributed by atoms with van der Waals surface area (Å²) in [6.07, 6.45) is 0.287. The van der Waals surface area contributed by atoms with Crippen LogP contribution in [0.5, 0.6) is 11.5 Å². The smallest absolute Gasteiger partial charge is 0.264 e. The number of ether oxygens (including phenoxy) is 2. The molecule has 0 saturated carbocycles. The second-order valence-corrected chi connectivity index (χ2v) is 12.1. The summed E-state index contributed by atoms with van der Waals surface area (Å²) in [7, 11) is -1.44. The lowest BCUT2D eigenvalue weighted by Gasteiger charge is -2.33. The van der Waals surface area contributed by atoms with Crippen LogP contribution in [0.2, 0.25) is 10.0 Å². The van der Waals surface area contributed by atoms with E-state index in [4.69, 9.17) is 32.7 Å². The van der Waals surface area contributed by atoms with Crippen LogP contribution < -0.4 is 19.1 Å². The molecular formula is C30H35Cl2N3O6S. The number of rotatable bonds is 13. The number of hydrogen-bond acceptors (Lipinski definition) is 6. The monoisotopic (exact) mass is 635 g/mol. The van der Waals surface area contributed by atoms with Crippen LogP contribution in [0.3, 0.4) is 0 Å². The number of aryl methyl sites for hydroxylation is 1. The predicted octanol–water partition coefficient (Wildman–Crippen LogP) is 5.46. The standard InChI is InChI=1S/C30H35Cl2N3O6S/c1-6-26(30(37)33-7-2)34(18-21-10-11-22(31)16-25(21)32)29(36)19-35(23-12-8-20(3)9-13-23)42(38,39)24-14-15-27(40-4)28(17-24)41-5/h8-17,26H,6-7,18-19H2,1-5H3,(H,33,37)/t26-/m0/s1. The van der Waals surface area contributed by atoms with Crippen LogP contribution in [-0.2, 0) is 26.2 Å². The number of hydrogen-bond donors (Lipinski definition) is 1. The number of carbonyl (C=O) groups excluding carboxylic acids is 2. The van der Waals surface area contributed by atoms with Gasteiger partial charge in [0, 0.05) is 29.2 Å². The number of nitrogens with zero attached hydrogens (tertiary/aromatic N) is 2. The van der Waals surface area contributed by atoms with Crippen molar-refractivity contribution < 1.29 is 27.5 Å². The zero-order valence-electron chi connectivity index (χ0n) is 24.2. The number of benzene rings is 3. The summed E-state index contributed by atoms with van der Waals surface area (Å²) in [5, 5.41) is 3.51. The summed E-state index contributed by atoms with van der Waals surface area (Å²) in [5.74, 6) is -0.380. The highest BCUT2D eigenvalue weighted by Gasteiger charge is 2.34. The van der Waals surface area contributed by atoms with E-state index in [1.165, 1.54) is 37.3 Å². The van der Waals surface area contributed by atoms with Gasteiger partial charge >= 0.3 is 0 Å². The normalized spacial score (nSPS) is 11.9. The number of amides is 2. The van der Waals surface area contributed by atoms with E-state index < -0.39 is 28.5 Å². The summed E-state index contributed by atoms with van der Waals surface area (Å²) >= 11 is 12.5. The molecule has 1 N–H and O–H groups in total. The van der Waals surface area contributed by atoms with Crippen molar-refractivity contribution in [2.24, 2.45) is 0 Å². The average molecular weight is 637 g/mol. The lowest BCUT2D eigenvalue weighted by Crippen LogP contribution is -2.52. The molecule has 226 valence electrons. The van der Waals surface area contributed by atoms with Crippen molar-refractivity contribution in [1.29, 1.82) is 0 Å². The molecule has 42 heavy (non-hydrogen) atoms. The maximum absolute atomic E-state index is 14.1. The molecular weight excluding hydrogens is 601 g/mol. The molecule has 0 saturated heterocycles. The van der Waals surface area contributed by atoms with Gasteiger partial charge in [-0.05, 0) is 62.2 Å². The molecule has 0 heterocycles. The molecule has 0 aliphatic rings. The molecule has 0 radical (unpaired) electrons. The fraction of sp³-hybridized carbons (Fsp3) is 0.333. The van der Waals surface area contributed by atoms with Gasteiger partial charge in [-0.2, -0.15) is 0 Å². The molecule has 0 aliphatic heterocycles. The van der Waals surface area contributed by atoms with Gasteiger partial charge in [-0.25, -0.2) is 8.42 Å². The Balaban J connectivity index is 2.11. The van der Waals surface area contributed by atoms with E-state index >= 15 is 0 Å². The van der Waals surface area contributed by atoms with Gasteiger partial charge in [-0.3, -0.25) is 13.9 Å². The number of sulfonamides is 1. The molecule has 0 fully saturated rings. The molecule has 3 aromatic carbocycles. The summed E-state index contributed by atoms with van der Waals surface area (Å²) in [6, 6.07) is 15.0. The molecule has 3 rings (SSSR count). The van der Waals surface area contributed by atoms with Gasteiger partial charge < -0.3 is 19.7 Å². The quantitative estimate of drug-likeness (QED) is 0.267. The van der Waals surface area contributed by atoms with E-state index in [1.54, 1.807) is 56.3 Å². The van der Waals surface area contributed by atoms with Gasteiger partial charge in [0.1, 0.15) is 12.6 Å². The summed E-state index contributed by atoms with van der Waals surface area (Å²) in [6.45, 7) is 5.17. The third-order valence-electron chi connectivity index (χ3n) is 6.64. The molecule has 1 atom stereocenters. The van der Waals surface area contributed by atoms with Crippen molar-refractivity contribution in [2.45, 2.75) is 44.7 Å². The lowest BCUT2D eigenvalue weighted by atomic mass is 10.1. The van der Waals surface area contributed by atoms with Crippen molar-refractivity contribution in [3.63, 3.8) is 0 Å². The second kappa shape index (κ2) is 14.6. The number of nitrogens with one attached hydrogen (secondary N) is 1. The van der Waals surface area contributed by atoms with Crippen molar-refractivity contribution in [2.75, 3.05) is 31.6 Å². The van der Waals surface area contributed by atoms with Crippen LogP contribution in [0.4, 0.5) is 5.69 Å². The largest absolute Gasteiger partial charge is 0.493 e. The first kappa shape index (κ1) is 33.0. The first-order chi connectivity index (χ1) is 20.0. The van der Waals surface area contributed by atoms with E-state index in [0.717, 1.165) is 9.87 Å². The van der Waals surface area contributed by atoms with Crippen LogP contribution in [0, 0.1) is 6.92 Å². The fourth-order valence-corrected chi connectivity index (χ4v) is 6.29. The Kier molecular flexibility index (Phi) is 11.5. The van der Waals surface area contributed by atoms with E-state index in [0.29, 0.717) is 27.9 Å². The zero-order valence-corrected chi connectivity index (χ0v) is 26.5. The minimum atomic E-state index is -4.30. The molecule has 0 unspecified atom stereocenters. The van der Waals surface area contributed by atoms with Gasteiger partial charge in [-0.15, -0.1) is 0 Å². The first-order valence-corrected chi connectivity index (χ1v) is 15.5. The van der Waals surface area contributed by atoms with Crippen LogP contribution in [0.15, 0.2) is 65.6 Å². The molecule has 3 aromatic rings. The van der Waals surface area contributed by atoms with Crippen LogP contribution in [0.25, 0.3) is 0 Å². The molecule has 0 bridgehead atoms. The van der Waals surface area contributed by atoms with Crippen LogP contribution in [0.1, 0.15) is 31.4 Å². The number of carbonyl (C=O) groups is 2. The SMILES string of the molecule is CCNC(=O)[C@H](CC)N(Cc1ccc(Cl)cc1Cl)C(=O)CN(c1ccc(C)cc1)S(=O)(=O)c1ccc(OC)c(OC)c1. The average Bonchev–Trinajstić information content (AvgIpc) is 2.97. The van der Waals surface area contributed by atoms with E-state index in [1.807, 2.05) is 6.92 Å². The molecule has 9 nitrogen and oxygen atoms in total. The van der Waals surface area contributed by atoms with Crippen molar-refractivity contribution in [3.8, 4) is 11.5 Å². The van der Waals surface area contributed by atoms with Gasteiger partial charge in [0.05, 0.1) is 24.8 Å². The van der Waals surface area contributed by atoms with Crippen molar-refractivity contribution >= 4 is 50.7 Å². The Morgan fingerprint density at radius 2 is 1.60 bits per heavy atom. The van der Waals surface area contributed by atoms with E-state index in [9.17, 15) is 18.0 Å². The van der Waals surface area contributed by atoms with E-state index in [-0.39, 0.29) is 35.2 Å². The van der Waals surface area contributed by atoms with Gasteiger partial charge in [0.2, 0.25) is 11.8 Å². The number of anilines is 1. The fourth-order valence-electron chi connectivity index (χ4n) is 4.39. The van der Waals surface area contributed by atoms with Crippen molar-refractivity contribution in [1.82, 2.24) is 10.2 Å². The number of halogens is 2. The highest BCUT2D eigenvalue weighted by molar-refractivity contribution is 7.92. The Morgan fingerprint density at radius 1 is 0.929 bits per heavy atom. The summed E-state index contributed by atoms with van der Waals surface area (Å²) in [5.41, 5.74) is 1.75. The molecule has 2 amide bonds. The second-order valence-electron chi connectivity index (χ2n) is 9.44. The van der Waals surface area contributed by atoms with Gasteiger partial charge in [0.15, 0.2) is 11.5 Å². The van der Waals surface area contributed by atoms with E-state index in [2.05, 4.69) is 5.32 Å². The minimum absolute atomic E-state index is 0.0391. The van der Waals surface area contributed by atoms with Crippen molar-refractivity contribution in [3.05, 3.63) is 81.8 Å². The summed E-state index contributed by atoms with van der Waals surface area (Å²) in [4.78, 5) is 28.4. The first-order valence-electron chi connectivity index (χ1n) is 13.3. The lowest BCUT2D eigenvalue weighted by molar-refractivity contribution is -0.140. The highest BCUT2D eigenvalue weighted by atomic mass is 35.5. The number of likely N-dealkylation sites (N-methyl/N-ethyl adjacent to an activating group) is 1. The Labute approximate surface area is 257 Å². The topological polar surface area (TPSA) is 105 Å². The Hall–Kier alpha value is -3.47. The van der Waals surface area contributed by atoms with Gasteiger partial charge in [-0.1, -0.05) is 53.9 Å². The van der Waals surface area contributed by atoms with Gasteiger partial charge in [0.25, 0.3) is 10.0 Å². The number of methoxy groups -OCH3 is 2. The molecule has 0 aromatic heterocycles. The maximum Gasteiger partial charge on any atom is 0.264 e. The summed E-state index contributed by atoms with van der Waals surface area (Å²) < 4.78 is 39.8. The zero-order chi connectivity index (χ0) is 31.0. The third-order valence-corrected chi connectivity index (χ3v) is 8.99. The Bertz CT molecular complexity index is 1520. The minimum Gasteiger partial charge on any atom is -0.493 e. The predicted molar refractivity (Wildman–Crippen MR) is 165 cm³/mol. The van der Waals surface area contributed by atoms with Crippen LogP contribution >= 0.6 is 23.2 Å². The highest BCUT2D eigenvalue weighted by Crippen LogP contribution is 2.33. The van der Waals surface area contributed by atoms with Crippen LogP contribution in [-0.4, -0.2) is 58.5 Å².